The van der Waals surface area contributed by atoms with Crippen molar-refractivity contribution >= 4 is 22.8 Å². The molecule has 0 bridgehead atoms. The van der Waals surface area contributed by atoms with Crippen LogP contribution in [0.15, 0.2) is 18.2 Å². The average Bonchev–Trinajstić information content (AvgIpc) is 2.38. The molecule has 21 heavy (non-hydrogen) atoms. The molecule has 0 aliphatic carbocycles. The molecule has 0 aliphatic rings. The summed E-state index contributed by atoms with van der Waals surface area (Å²) >= 11 is 5.21. The van der Waals surface area contributed by atoms with Crippen LogP contribution >= 0.6 is 11.6 Å². The van der Waals surface area contributed by atoms with Gasteiger partial charge < -0.3 is 14.2 Å². The number of halogens is 1. The molecule has 1 aromatic rings. The van der Waals surface area contributed by atoms with Gasteiger partial charge >= 0.3 is 5.97 Å². The Labute approximate surface area is 129 Å². The van der Waals surface area contributed by atoms with E-state index < -0.39 is 11.2 Å². The quantitative estimate of drug-likeness (QED) is 0.397. The fourth-order valence-electron chi connectivity index (χ4n) is 1.66. The first kappa shape index (κ1) is 17.3. The molecule has 0 unspecified atom stereocenters. The highest BCUT2D eigenvalue weighted by atomic mass is 35.5. The molecular weight excluding hydrogens is 296 g/mol. The Kier molecular flexibility index (Phi) is 7.61. The average molecular weight is 315 g/mol. The van der Waals surface area contributed by atoms with Crippen LogP contribution in [0.2, 0.25) is 0 Å². The lowest BCUT2D eigenvalue weighted by Gasteiger charge is -2.11. The van der Waals surface area contributed by atoms with Crippen molar-refractivity contribution in [1.29, 1.82) is 0 Å². The minimum atomic E-state index is -0.459. The van der Waals surface area contributed by atoms with Crippen LogP contribution < -0.4 is 14.2 Å². The van der Waals surface area contributed by atoms with Gasteiger partial charge in [0.15, 0.2) is 0 Å². The maximum atomic E-state index is 11.7. The fourth-order valence-corrected chi connectivity index (χ4v) is 1.79. The van der Waals surface area contributed by atoms with Crippen molar-refractivity contribution in [2.45, 2.75) is 33.1 Å². The van der Waals surface area contributed by atoms with E-state index >= 15 is 0 Å². The smallest absolute Gasteiger partial charge is 0.311 e. The maximum Gasteiger partial charge on any atom is 0.311 e. The van der Waals surface area contributed by atoms with E-state index in [1.807, 2.05) is 13.8 Å². The number of hydrogen-bond donors (Lipinski definition) is 0. The van der Waals surface area contributed by atoms with E-state index in [0.717, 1.165) is 0 Å². The molecule has 0 saturated carbocycles. The first-order valence-electron chi connectivity index (χ1n) is 6.84. The zero-order chi connectivity index (χ0) is 15.7. The summed E-state index contributed by atoms with van der Waals surface area (Å²) in [6.45, 7) is 4.73. The molecule has 0 spiro atoms. The molecule has 5 nitrogen and oxygen atoms in total. The summed E-state index contributed by atoms with van der Waals surface area (Å²) in [5.41, 5.74) is 0. The van der Waals surface area contributed by atoms with Crippen LogP contribution in [0.25, 0.3) is 0 Å². The summed E-state index contributed by atoms with van der Waals surface area (Å²) in [5, 5.41) is -0.459. The zero-order valence-electron chi connectivity index (χ0n) is 12.2. The first-order chi connectivity index (χ1) is 10.0. The van der Waals surface area contributed by atoms with Crippen LogP contribution in [-0.2, 0) is 9.59 Å². The standard InChI is InChI=1S/C15H19ClO5/c1-3-19-11-8-12(20-4-2)10-13(9-11)21-15(18)7-5-6-14(16)17/h8-10H,3-7H2,1-2H3. The van der Waals surface area contributed by atoms with Crippen molar-refractivity contribution in [3.8, 4) is 17.2 Å². The molecule has 0 radical (unpaired) electrons. The van der Waals surface area contributed by atoms with E-state index in [0.29, 0.717) is 36.9 Å². The van der Waals surface area contributed by atoms with Gasteiger partial charge in [-0.15, -0.1) is 0 Å². The summed E-state index contributed by atoms with van der Waals surface area (Å²) < 4.78 is 16.0. The third kappa shape index (κ3) is 6.99. The molecule has 0 amide bonds. The number of benzene rings is 1. The molecule has 0 saturated heterocycles. The van der Waals surface area contributed by atoms with Gasteiger partial charge in [-0.05, 0) is 31.9 Å². The molecule has 116 valence electrons. The fraction of sp³-hybridized carbons (Fsp3) is 0.467. The summed E-state index contributed by atoms with van der Waals surface area (Å²) in [5.74, 6) is 1.07. The van der Waals surface area contributed by atoms with E-state index in [2.05, 4.69) is 0 Å². The molecule has 0 N–H and O–H groups in total. The minimum absolute atomic E-state index is 0.126. The predicted octanol–water partition coefficient (Wildman–Crippen LogP) is 3.33. The van der Waals surface area contributed by atoms with Crippen molar-refractivity contribution in [1.82, 2.24) is 0 Å². The second kappa shape index (κ2) is 9.23. The van der Waals surface area contributed by atoms with Crippen molar-refractivity contribution in [3.05, 3.63) is 18.2 Å². The van der Waals surface area contributed by atoms with Crippen LogP contribution in [0.1, 0.15) is 33.1 Å². The van der Waals surface area contributed by atoms with Crippen LogP contribution in [0.4, 0.5) is 0 Å². The highest BCUT2D eigenvalue weighted by molar-refractivity contribution is 6.63. The Balaban J connectivity index is 2.67. The Bertz CT molecular complexity index is 463. The number of carbonyl (C=O) groups is 2. The normalized spacial score (nSPS) is 10.0. The Morgan fingerprint density at radius 3 is 1.95 bits per heavy atom. The van der Waals surface area contributed by atoms with E-state index in [-0.39, 0.29) is 12.8 Å². The van der Waals surface area contributed by atoms with Crippen molar-refractivity contribution < 1.29 is 23.8 Å². The van der Waals surface area contributed by atoms with Gasteiger partial charge in [0, 0.05) is 31.0 Å². The highest BCUT2D eigenvalue weighted by Crippen LogP contribution is 2.28. The lowest BCUT2D eigenvalue weighted by atomic mass is 10.2. The number of rotatable bonds is 9. The monoisotopic (exact) mass is 314 g/mol. The maximum absolute atomic E-state index is 11.7. The van der Waals surface area contributed by atoms with Crippen molar-refractivity contribution in [2.75, 3.05) is 13.2 Å². The number of ether oxygens (including phenoxy) is 3. The predicted molar refractivity (Wildman–Crippen MR) is 79.1 cm³/mol. The van der Waals surface area contributed by atoms with E-state index in [4.69, 9.17) is 25.8 Å². The Morgan fingerprint density at radius 1 is 0.952 bits per heavy atom. The van der Waals surface area contributed by atoms with Crippen molar-refractivity contribution in [2.24, 2.45) is 0 Å². The third-order valence-electron chi connectivity index (χ3n) is 2.46. The summed E-state index contributed by atoms with van der Waals surface area (Å²) in [4.78, 5) is 22.3. The van der Waals surface area contributed by atoms with E-state index in [1.165, 1.54) is 0 Å². The van der Waals surface area contributed by atoms with Crippen LogP contribution in [0.3, 0.4) is 0 Å². The second-order valence-electron chi connectivity index (χ2n) is 4.19. The van der Waals surface area contributed by atoms with Gasteiger partial charge in [0.25, 0.3) is 0 Å². The lowest BCUT2D eigenvalue weighted by Crippen LogP contribution is -2.08. The molecule has 6 heteroatoms. The second-order valence-corrected chi connectivity index (χ2v) is 4.61. The lowest BCUT2D eigenvalue weighted by molar-refractivity contribution is -0.134. The third-order valence-corrected chi connectivity index (χ3v) is 2.65. The molecule has 0 fully saturated rings. The summed E-state index contributed by atoms with van der Waals surface area (Å²) in [7, 11) is 0. The first-order valence-corrected chi connectivity index (χ1v) is 7.22. The molecule has 1 aromatic carbocycles. The topological polar surface area (TPSA) is 61.8 Å². The SMILES string of the molecule is CCOc1cc(OCC)cc(OC(=O)CCCC(=O)Cl)c1. The summed E-state index contributed by atoms with van der Waals surface area (Å²) in [6, 6.07) is 4.98. The van der Waals surface area contributed by atoms with Gasteiger partial charge in [0.1, 0.15) is 17.2 Å². The summed E-state index contributed by atoms with van der Waals surface area (Å²) in [6.07, 6.45) is 0.645. The molecule has 0 aromatic heterocycles. The van der Waals surface area contributed by atoms with Gasteiger partial charge in [-0.2, -0.15) is 0 Å². The molecule has 0 heterocycles. The van der Waals surface area contributed by atoms with Gasteiger partial charge in [-0.3, -0.25) is 9.59 Å². The minimum Gasteiger partial charge on any atom is -0.494 e. The van der Waals surface area contributed by atoms with Crippen LogP contribution in [0.5, 0.6) is 17.2 Å². The zero-order valence-corrected chi connectivity index (χ0v) is 12.9. The van der Waals surface area contributed by atoms with E-state index in [1.54, 1.807) is 18.2 Å². The van der Waals surface area contributed by atoms with Gasteiger partial charge in [0.05, 0.1) is 13.2 Å². The molecular formula is C15H19ClO5. The van der Waals surface area contributed by atoms with Gasteiger partial charge in [-0.1, -0.05) is 0 Å². The van der Waals surface area contributed by atoms with E-state index in [9.17, 15) is 9.59 Å². The Morgan fingerprint density at radius 2 is 1.48 bits per heavy atom. The van der Waals surface area contributed by atoms with Crippen LogP contribution in [-0.4, -0.2) is 24.4 Å². The van der Waals surface area contributed by atoms with Gasteiger partial charge in [0.2, 0.25) is 5.24 Å². The largest absolute Gasteiger partial charge is 0.494 e. The number of esters is 1. The Hall–Kier alpha value is -1.75. The molecule has 1 rings (SSSR count). The molecule has 0 aliphatic heterocycles. The highest BCUT2D eigenvalue weighted by Gasteiger charge is 2.09. The van der Waals surface area contributed by atoms with Gasteiger partial charge in [-0.25, -0.2) is 0 Å². The van der Waals surface area contributed by atoms with Crippen LogP contribution in [0, 0.1) is 0 Å². The number of hydrogen-bond acceptors (Lipinski definition) is 5. The van der Waals surface area contributed by atoms with Crippen molar-refractivity contribution in [3.63, 3.8) is 0 Å². The number of carbonyl (C=O) groups excluding carboxylic acids is 2. The molecule has 0 atom stereocenters.